The summed E-state index contributed by atoms with van der Waals surface area (Å²) in [5.74, 6) is 0.174. The summed E-state index contributed by atoms with van der Waals surface area (Å²) in [4.78, 5) is 9.01. The van der Waals surface area contributed by atoms with E-state index in [4.69, 9.17) is 11.5 Å². The zero-order valence-electron chi connectivity index (χ0n) is 16.3. The molecule has 31 heavy (non-hydrogen) atoms. The average molecular weight is 468 g/mol. The monoisotopic (exact) mass is 467 g/mol. The van der Waals surface area contributed by atoms with Gasteiger partial charge in [0.05, 0.1) is 4.90 Å². The Morgan fingerprint density at radius 2 is 1.61 bits per heavy atom. The van der Waals surface area contributed by atoms with E-state index in [9.17, 15) is 25.9 Å². The molecule has 6 N–H and O–H groups in total. The number of hydrogen-bond donors (Lipinski definition) is 4. The molecule has 0 radical (unpaired) electrons. The van der Waals surface area contributed by atoms with Crippen LogP contribution in [0.15, 0.2) is 50.1 Å². The molecule has 0 amide bonds. The van der Waals surface area contributed by atoms with Gasteiger partial charge >= 0.3 is 0 Å². The molecule has 11 nitrogen and oxygen atoms in total. The minimum absolute atomic E-state index is 0.0683. The lowest BCUT2D eigenvalue weighted by molar-refractivity contribution is 0.305. The number of rotatable bonds is 3. The van der Waals surface area contributed by atoms with E-state index < -0.39 is 35.7 Å². The predicted molar refractivity (Wildman–Crippen MR) is 115 cm³/mol. The molecule has 13 heteroatoms. The Bertz CT molecular complexity index is 1340. The van der Waals surface area contributed by atoms with Crippen LogP contribution in [-0.2, 0) is 20.2 Å². The van der Waals surface area contributed by atoms with Gasteiger partial charge in [-0.1, -0.05) is 12.5 Å². The molecule has 1 saturated carbocycles. The van der Waals surface area contributed by atoms with Gasteiger partial charge < -0.3 is 11.5 Å². The second-order valence-electron chi connectivity index (χ2n) is 7.60. The quantitative estimate of drug-likeness (QED) is 0.484. The van der Waals surface area contributed by atoms with Crippen LogP contribution in [0.25, 0.3) is 10.8 Å². The lowest BCUT2D eigenvalue weighted by Crippen LogP contribution is -2.58. The lowest BCUT2D eigenvalue weighted by atomic mass is 9.87. The van der Waals surface area contributed by atoms with Gasteiger partial charge in [0.15, 0.2) is 0 Å². The van der Waals surface area contributed by atoms with E-state index in [1.54, 1.807) is 11.0 Å². The van der Waals surface area contributed by atoms with Gasteiger partial charge in [-0.2, -0.15) is 21.8 Å². The van der Waals surface area contributed by atoms with E-state index in [2.05, 4.69) is 9.98 Å². The van der Waals surface area contributed by atoms with Crippen LogP contribution in [0.5, 0.6) is 0 Å². The molecule has 0 saturated heterocycles. The van der Waals surface area contributed by atoms with Crippen LogP contribution >= 0.6 is 0 Å². The molecule has 0 aromatic heterocycles. The normalized spacial score (nSPS) is 19.4. The Hall–Kier alpha value is -2.74. The maximum atomic E-state index is 11.8. The van der Waals surface area contributed by atoms with Crippen LogP contribution in [0.1, 0.15) is 32.1 Å². The maximum Gasteiger partial charge on any atom is 0.295 e. The van der Waals surface area contributed by atoms with Crippen LogP contribution in [-0.4, -0.2) is 43.5 Å². The number of hydrogen-bond acceptors (Lipinski definition) is 9. The number of guanidine groups is 2. The zero-order chi connectivity index (χ0) is 22.6. The number of nitrogens with two attached hydrogens (primary N) is 2. The van der Waals surface area contributed by atoms with Crippen molar-refractivity contribution in [2.75, 3.05) is 4.90 Å². The Labute approximate surface area is 179 Å². The predicted octanol–water partition coefficient (Wildman–Crippen LogP) is 1.44. The van der Waals surface area contributed by atoms with E-state index in [1.807, 2.05) is 0 Å². The number of nitrogens with zero attached hydrogens (tertiary/aromatic N) is 3. The highest BCUT2D eigenvalue weighted by atomic mass is 32.2. The second kappa shape index (κ2) is 7.15. The molecule has 2 aromatic rings. The lowest BCUT2D eigenvalue weighted by Gasteiger charge is -2.45. The molecule has 0 atom stereocenters. The molecule has 4 rings (SSSR count). The summed E-state index contributed by atoms with van der Waals surface area (Å²) in [6, 6.07) is 6.34. The Balaban J connectivity index is 1.96. The summed E-state index contributed by atoms with van der Waals surface area (Å²) in [5.41, 5.74) is 11.8. The summed E-state index contributed by atoms with van der Waals surface area (Å²) in [6.45, 7) is 0. The Morgan fingerprint density at radius 1 is 0.935 bits per heavy atom. The highest BCUT2D eigenvalue weighted by Gasteiger charge is 2.42. The van der Waals surface area contributed by atoms with Gasteiger partial charge in [-0.15, -0.1) is 0 Å². The number of anilines is 1. The first kappa shape index (κ1) is 21.5. The Morgan fingerprint density at radius 3 is 2.23 bits per heavy atom. The van der Waals surface area contributed by atoms with Crippen molar-refractivity contribution in [3.63, 3.8) is 0 Å². The van der Waals surface area contributed by atoms with Crippen molar-refractivity contribution in [3.05, 3.63) is 30.3 Å². The first-order valence-electron chi connectivity index (χ1n) is 9.43. The third-order valence-corrected chi connectivity index (χ3v) is 7.28. The van der Waals surface area contributed by atoms with Gasteiger partial charge in [-0.05, 0) is 55.3 Å². The zero-order valence-corrected chi connectivity index (χ0v) is 17.9. The van der Waals surface area contributed by atoms with Crippen molar-refractivity contribution in [2.24, 2.45) is 21.5 Å². The topological polar surface area (TPSA) is 189 Å². The molecule has 2 aromatic carbocycles. The molecule has 2 aliphatic rings. The van der Waals surface area contributed by atoms with E-state index in [0.717, 1.165) is 25.3 Å². The van der Waals surface area contributed by atoms with Gasteiger partial charge in [0, 0.05) is 11.1 Å². The van der Waals surface area contributed by atoms with Crippen molar-refractivity contribution in [1.82, 2.24) is 0 Å². The van der Waals surface area contributed by atoms with E-state index >= 15 is 0 Å². The van der Waals surface area contributed by atoms with Crippen molar-refractivity contribution in [1.29, 1.82) is 0 Å². The van der Waals surface area contributed by atoms with Crippen LogP contribution < -0.4 is 16.4 Å². The molecular weight excluding hydrogens is 446 g/mol. The first-order valence-corrected chi connectivity index (χ1v) is 12.3. The van der Waals surface area contributed by atoms with Crippen molar-refractivity contribution in [3.8, 4) is 0 Å². The fourth-order valence-electron chi connectivity index (χ4n) is 4.29. The number of aliphatic imine (C=N–C) groups is 2. The minimum atomic E-state index is -4.77. The standard InChI is InChI=1S/C18H21N5O6S2/c19-16-21-17(20)23(18(22-16)6-2-1-3-7-18)12-4-5-14-11(8-12)9-13(30(24,25)26)10-15(14)31(27,28)29/h4-5,8-10H,1-3,6-7H2,(H,24,25,26)(H,27,28,29)(H4,19,20,21,22). The molecule has 0 unspecified atom stereocenters. The molecule has 1 fully saturated rings. The maximum absolute atomic E-state index is 11.8. The highest BCUT2D eigenvalue weighted by Crippen LogP contribution is 2.40. The van der Waals surface area contributed by atoms with Gasteiger partial charge in [-0.3, -0.25) is 14.0 Å². The van der Waals surface area contributed by atoms with Gasteiger partial charge in [0.1, 0.15) is 10.6 Å². The fraction of sp³-hybridized carbons (Fsp3) is 0.333. The largest absolute Gasteiger partial charge is 0.369 e. The number of fused-ring (bicyclic) bond motifs is 1. The fourth-order valence-corrected chi connectivity index (χ4v) is 5.65. The molecule has 1 aliphatic heterocycles. The third kappa shape index (κ3) is 3.84. The molecule has 1 heterocycles. The first-order chi connectivity index (χ1) is 14.4. The van der Waals surface area contributed by atoms with Gasteiger partial charge in [0.25, 0.3) is 20.2 Å². The van der Waals surface area contributed by atoms with E-state index in [0.29, 0.717) is 24.6 Å². The smallest absolute Gasteiger partial charge is 0.295 e. The summed E-state index contributed by atoms with van der Waals surface area (Å²) in [5, 5.41) is 0.230. The highest BCUT2D eigenvalue weighted by molar-refractivity contribution is 7.86. The molecule has 166 valence electrons. The van der Waals surface area contributed by atoms with Gasteiger partial charge in [-0.25, -0.2) is 4.99 Å². The number of benzene rings is 2. The van der Waals surface area contributed by atoms with Crippen LogP contribution in [0.3, 0.4) is 0 Å². The summed E-state index contributed by atoms with van der Waals surface area (Å²) >= 11 is 0. The summed E-state index contributed by atoms with van der Waals surface area (Å²) < 4.78 is 66.0. The minimum Gasteiger partial charge on any atom is -0.369 e. The van der Waals surface area contributed by atoms with Crippen LogP contribution in [0.4, 0.5) is 5.69 Å². The van der Waals surface area contributed by atoms with Crippen molar-refractivity contribution in [2.45, 2.75) is 47.6 Å². The molecule has 1 aliphatic carbocycles. The molecule has 1 spiro atoms. The summed E-state index contributed by atoms with van der Waals surface area (Å²) in [7, 11) is -9.51. The van der Waals surface area contributed by atoms with E-state index in [1.165, 1.54) is 12.1 Å². The Kier molecular flexibility index (Phi) is 4.96. The average Bonchev–Trinajstić information content (AvgIpc) is 2.65. The summed E-state index contributed by atoms with van der Waals surface area (Å²) in [6.07, 6.45) is 4.17. The SMILES string of the molecule is NC1=NC2(CCCCC2)N(c2ccc3c(S(=O)(=O)O)cc(S(=O)(=O)O)cc3c2)C(N)=N1. The second-order valence-corrected chi connectivity index (χ2v) is 10.4. The van der Waals surface area contributed by atoms with Crippen LogP contribution in [0.2, 0.25) is 0 Å². The van der Waals surface area contributed by atoms with Crippen molar-refractivity contribution < 1.29 is 25.9 Å². The van der Waals surface area contributed by atoms with E-state index in [-0.39, 0.29) is 22.7 Å². The molecule has 0 bridgehead atoms. The van der Waals surface area contributed by atoms with Crippen molar-refractivity contribution >= 4 is 48.6 Å². The van der Waals surface area contributed by atoms with Crippen LogP contribution in [0, 0.1) is 0 Å². The third-order valence-electron chi connectivity index (χ3n) is 5.56. The molecular formula is C18H21N5O6S2. The van der Waals surface area contributed by atoms with Gasteiger partial charge in [0.2, 0.25) is 11.9 Å².